The second-order valence-corrected chi connectivity index (χ2v) is 37.3. The number of carbonyl (C=O) groups is 3. The van der Waals surface area contributed by atoms with Gasteiger partial charge in [0.1, 0.15) is 0 Å². The Balaban J connectivity index is 0.000000121. The van der Waals surface area contributed by atoms with Gasteiger partial charge in [0.25, 0.3) is 0 Å². The Hall–Kier alpha value is -18.0. The summed E-state index contributed by atoms with van der Waals surface area (Å²) in [5, 5.41) is 0. The van der Waals surface area contributed by atoms with Gasteiger partial charge in [0.2, 0.25) is 0 Å². The number of ketones is 3. The number of carbonyl (C=O) groups excluding carboxylic acids is 3. The summed E-state index contributed by atoms with van der Waals surface area (Å²) in [6.07, 6.45) is 0. The lowest BCUT2D eigenvalue weighted by Crippen LogP contribution is -2.30. The lowest BCUT2D eigenvalue weighted by Gasteiger charge is -2.34. The molecule has 0 saturated carbocycles. The number of nitrogens with zero attached hydrogens (tertiary/aromatic N) is 9. The van der Waals surface area contributed by atoms with Crippen LogP contribution >= 0.6 is 0 Å². The number of fused-ring (bicyclic) bond motifs is 6. The van der Waals surface area contributed by atoms with Crippen molar-refractivity contribution < 1.29 is 14.4 Å². The Labute approximate surface area is 819 Å². The molecule has 141 heavy (non-hydrogen) atoms. The smallest absolute Gasteiger partial charge is 0.193 e. The number of aromatic nitrogens is 9. The van der Waals surface area contributed by atoms with Gasteiger partial charge in [0.05, 0.1) is 0 Å². The summed E-state index contributed by atoms with van der Waals surface area (Å²) in [7, 11) is 0. The van der Waals surface area contributed by atoms with Crippen LogP contribution in [-0.2, 0) is 16.2 Å². The van der Waals surface area contributed by atoms with Crippen molar-refractivity contribution in [1.82, 2.24) is 44.9 Å². The van der Waals surface area contributed by atoms with E-state index >= 15 is 0 Å². The highest BCUT2D eigenvalue weighted by molar-refractivity contribution is 6.16. The highest BCUT2D eigenvalue weighted by atomic mass is 16.1. The van der Waals surface area contributed by atoms with Crippen LogP contribution in [-0.4, -0.2) is 62.2 Å². The summed E-state index contributed by atoms with van der Waals surface area (Å²) in [5.41, 5.74) is 31.3. The Bertz CT molecular complexity index is 8230. The van der Waals surface area contributed by atoms with E-state index in [2.05, 4.69) is 217 Å². The minimum Gasteiger partial charge on any atom is -0.289 e. The topological polar surface area (TPSA) is 167 Å². The van der Waals surface area contributed by atoms with Crippen LogP contribution < -0.4 is 0 Å². The summed E-state index contributed by atoms with van der Waals surface area (Å²) < 4.78 is 0. The summed E-state index contributed by atoms with van der Waals surface area (Å²) in [6, 6.07) is 153. The maximum absolute atomic E-state index is 13.8. The molecule has 3 aromatic heterocycles. The molecule has 0 fully saturated rings. The Morgan fingerprint density at radius 2 is 0.333 bits per heavy atom. The first kappa shape index (κ1) is 88.3. The first-order valence-electron chi connectivity index (χ1n) is 47.5. The van der Waals surface area contributed by atoms with E-state index in [0.717, 1.165) is 184 Å². The van der Waals surface area contributed by atoms with Crippen molar-refractivity contribution in [2.45, 2.75) is 57.8 Å². The normalized spacial score (nSPS) is 13.1. The number of hydrogen-bond acceptors (Lipinski definition) is 12. The van der Waals surface area contributed by atoms with Gasteiger partial charge in [0, 0.05) is 99.7 Å². The van der Waals surface area contributed by atoms with Gasteiger partial charge in [0.15, 0.2) is 69.8 Å². The second-order valence-electron chi connectivity index (χ2n) is 37.3. The Kier molecular flexibility index (Phi) is 23.3. The maximum Gasteiger partial charge on any atom is 0.193 e. The van der Waals surface area contributed by atoms with Crippen molar-refractivity contribution in [3.63, 3.8) is 0 Å². The highest BCUT2D eigenvalue weighted by Gasteiger charge is 2.40. The van der Waals surface area contributed by atoms with Crippen LogP contribution in [0.25, 0.3) is 169 Å². The summed E-state index contributed by atoms with van der Waals surface area (Å²) in [4.78, 5) is 85.1. The average Bonchev–Trinajstić information content (AvgIpc) is 0.735. The van der Waals surface area contributed by atoms with E-state index in [1.165, 1.54) is 0 Å². The van der Waals surface area contributed by atoms with E-state index in [1.807, 2.05) is 279 Å². The fraction of sp³-hybridized carbons (Fsp3) is 0.0698. The molecule has 3 aliphatic carbocycles. The summed E-state index contributed by atoms with van der Waals surface area (Å²) in [5.74, 6) is 5.88. The maximum atomic E-state index is 13.8. The first-order valence-corrected chi connectivity index (χ1v) is 47.5. The molecular weight excluding hydrogens is 1720 g/mol. The Morgan fingerprint density at radius 3 is 0.688 bits per heavy atom. The highest BCUT2D eigenvalue weighted by Crippen LogP contribution is 2.49. The number of rotatable bonds is 15. The average molecular weight is 1820 g/mol. The number of benzene rings is 18. The lowest BCUT2D eigenvalue weighted by atomic mass is 9.68. The molecule has 0 spiro atoms. The van der Waals surface area contributed by atoms with E-state index in [1.54, 1.807) is 0 Å². The second kappa shape index (κ2) is 37.2. The van der Waals surface area contributed by atoms with Crippen molar-refractivity contribution in [1.29, 1.82) is 0 Å². The minimum absolute atomic E-state index is 0.0710. The molecule has 0 N–H and O–H groups in total. The molecule has 12 heteroatoms. The molecule has 0 radical (unpaired) electrons. The number of hydrogen-bond donors (Lipinski definition) is 0. The van der Waals surface area contributed by atoms with E-state index in [4.69, 9.17) is 44.9 Å². The van der Waals surface area contributed by atoms with E-state index in [-0.39, 0.29) is 33.6 Å². The molecule has 12 nitrogen and oxygen atoms in total. The first-order chi connectivity index (χ1) is 68.9. The Morgan fingerprint density at radius 1 is 0.128 bits per heavy atom. The van der Waals surface area contributed by atoms with Gasteiger partial charge >= 0.3 is 0 Å². The van der Waals surface area contributed by atoms with Gasteiger partial charge in [-0.15, -0.1) is 0 Å². The van der Waals surface area contributed by atoms with Crippen molar-refractivity contribution in [2.24, 2.45) is 0 Å². The van der Waals surface area contributed by atoms with Crippen LogP contribution in [0.1, 0.15) is 123 Å². The van der Waals surface area contributed by atoms with E-state index in [0.29, 0.717) is 52.4 Å². The quantitative estimate of drug-likeness (QED) is 0.0954. The van der Waals surface area contributed by atoms with Crippen LogP contribution in [0.3, 0.4) is 0 Å². The molecule has 3 aliphatic rings. The van der Waals surface area contributed by atoms with Crippen molar-refractivity contribution in [2.75, 3.05) is 0 Å². The molecule has 672 valence electrons. The van der Waals surface area contributed by atoms with Crippen LogP contribution in [0.15, 0.2) is 455 Å². The van der Waals surface area contributed by atoms with Gasteiger partial charge in [-0.25, -0.2) is 44.9 Å². The molecular formula is C129H93N9O3. The van der Waals surface area contributed by atoms with Gasteiger partial charge in [-0.3, -0.25) is 14.4 Å². The molecule has 18 aromatic carbocycles. The third-order valence-corrected chi connectivity index (χ3v) is 27.5. The van der Waals surface area contributed by atoms with Gasteiger partial charge in [-0.1, -0.05) is 472 Å². The van der Waals surface area contributed by atoms with Gasteiger partial charge < -0.3 is 0 Å². The standard InChI is InChI=1S/3C43H31N3O/c1-43(2)37-24-14-13-23-35(37)39(47)36-27-30(25-26-38(36)43)31-19-9-10-20-32(31)33-21-11-12-22-34(33)42-45-40(28-15-5-3-6-16-28)44-41(46-42)29-17-7-4-8-18-29;1-43(2)37-23-12-11-22-35(37)39(47)36-27-31(24-25-38(36)43)34-21-10-9-20-33(34)30-18-13-19-32(26-30)42-45-40(28-14-5-3-6-15-28)44-41(46-42)29-16-7-4-8-17-29;1-43(2)37-16-10-9-15-35(37)39(47)36-26-25-34(27-38(36)43)30-19-17-28(18-20-30)29-21-23-33(24-22-29)42-45-40(31-11-5-3-6-12-31)44-41(46-42)32-13-7-4-8-14-32/h3*3-27H,1-2H3. The van der Waals surface area contributed by atoms with E-state index < -0.39 is 0 Å². The molecule has 21 aromatic rings. The van der Waals surface area contributed by atoms with Crippen molar-refractivity contribution in [3.8, 4) is 169 Å². The fourth-order valence-electron chi connectivity index (χ4n) is 20.0. The molecule has 0 aliphatic heterocycles. The predicted octanol–water partition coefficient (Wildman–Crippen LogP) is 30.2. The van der Waals surface area contributed by atoms with Gasteiger partial charge in [-0.05, 0) is 124 Å². The summed E-state index contributed by atoms with van der Waals surface area (Å²) in [6.45, 7) is 13.2. The third-order valence-electron chi connectivity index (χ3n) is 27.5. The molecule has 0 unspecified atom stereocenters. The van der Waals surface area contributed by atoms with Crippen LogP contribution in [0.2, 0.25) is 0 Å². The molecule has 24 rings (SSSR count). The third kappa shape index (κ3) is 17.0. The molecule has 3 heterocycles. The minimum atomic E-state index is -0.282. The molecule has 0 amide bonds. The zero-order chi connectivity index (χ0) is 95.9. The van der Waals surface area contributed by atoms with E-state index in [9.17, 15) is 14.4 Å². The molecule has 0 atom stereocenters. The lowest BCUT2D eigenvalue weighted by molar-refractivity contribution is 0.102. The molecule has 0 saturated heterocycles. The SMILES string of the molecule is CC1(C)c2ccccc2C(=O)c2cc(-c3ccccc3-c3cccc(-c4nc(-c5ccccc5)nc(-c5ccccc5)n4)c3)ccc21.CC1(C)c2ccccc2C(=O)c2cc(-c3ccccc3-c3ccccc3-c3nc(-c4ccccc4)nc(-c4ccccc4)n3)ccc21.CC1(C)c2ccccc2C(=O)c2ccc(-c3ccc(-c4ccc(-c5nc(-c6ccccc6)nc(-c6ccccc6)n5)cc4)cc3)cc21. The predicted molar refractivity (Wildman–Crippen MR) is 567 cm³/mol. The van der Waals surface area contributed by atoms with Crippen molar-refractivity contribution in [3.05, 3.63) is 522 Å². The molecule has 0 bridgehead atoms. The zero-order valence-electron chi connectivity index (χ0n) is 78.6. The monoisotopic (exact) mass is 1820 g/mol. The van der Waals surface area contributed by atoms with Crippen molar-refractivity contribution >= 4 is 17.3 Å². The fourth-order valence-corrected chi connectivity index (χ4v) is 20.0. The largest absolute Gasteiger partial charge is 0.289 e. The van der Waals surface area contributed by atoms with Crippen LogP contribution in [0.5, 0.6) is 0 Å². The van der Waals surface area contributed by atoms with Crippen LogP contribution in [0, 0.1) is 0 Å². The zero-order valence-corrected chi connectivity index (χ0v) is 78.6. The van der Waals surface area contributed by atoms with Crippen LogP contribution in [0.4, 0.5) is 0 Å². The van der Waals surface area contributed by atoms with Gasteiger partial charge in [-0.2, -0.15) is 0 Å². The summed E-state index contributed by atoms with van der Waals surface area (Å²) >= 11 is 0.